The van der Waals surface area contributed by atoms with E-state index in [1.54, 1.807) is 0 Å². The third kappa shape index (κ3) is 4.02. The second-order valence-electron chi connectivity index (χ2n) is 4.14. The van der Waals surface area contributed by atoms with Gasteiger partial charge in [-0.15, -0.1) is 0 Å². The van der Waals surface area contributed by atoms with Gasteiger partial charge in [0.15, 0.2) is 0 Å². The van der Waals surface area contributed by atoms with Gasteiger partial charge in [-0.3, -0.25) is 0 Å². The number of primary sulfonamides is 2. The van der Waals surface area contributed by atoms with Gasteiger partial charge in [-0.1, -0.05) is 12.1 Å². The molecular weight excluding hydrogens is 316 g/mol. The minimum Gasteiger partial charge on any atom is -0.457 e. The summed E-state index contributed by atoms with van der Waals surface area (Å²) in [6.45, 7) is 0. The highest BCUT2D eigenvalue weighted by atomic mass is 32.2. The Morgan fingerprint density at radius 3 is 1.43 bits per heavy atom. The molecule has 0 bridgehead atoms. The highest BCUT2D eigenvalue weighted by Crippen LogP contribution is 2.25. The Labute approximate surface area is 122 Å². The Morgan fingerprint density at radius 1 is 0.714 bits per heavy atom. The maximum atomic E-state index is 11.2. The van der Waals surface area contributed by atoms with Gasteiger partial charge < -0.3 is 4.74 Å². The van der Waals surface area contributed by atoms with Crippen molar-refractivity contribution >= 4 is 20.0 Å². The van der Waals surface area contributed by atoms with E-state index in [2.05, 4.69) is 0 Å². The lowest BCUT2D eigenvalue weighted by Crippen LogP contribution is -2.12. The molecule has 0 saturated heterocycles. The number of hydrogen-bond donors (Lipinski definition) is 2. The van der Waals surface area contributed by atoms with Crippen LogP contribution in [-0.2, 0) is 20.0 Å². The van der Waals surface area contributed by atoms with E-state index in [1.165, 1.54) is 48.5 Å². The van der Waals surface area contributed by atoms with E-state index < -0.39 is 20.0 Å². The van der Waals surface area contributed by atoms with Crippen LogP contribution in [0.5, 0.6) is 11.5 Å². The first kappa shape index (κ1) is 15.4. The number of sulfonamides is 2. The van der Waals surface area contributed by atoms with E-state index in [1.807, 2.05) is 0 Å². The van der Waals surface area contributed by atoms with Crippen LogP contribution in [0.3, 0.4) is 0 Å². The average Bonchev–Trinajstić information content (AvgIpc) is 2.37. The summed E-state index contributed by atoms with van der Waals surface area (Å²) >= 11 is 0. The number of nitrogens with two attached hydrogens (primary N) is 2. The van der Waals surface area contributed by atoms with Crippen LogP contribution in [0.25, 0.3) is 0 Å². The summed E-state index contributed by atoms with van der Waals surface area (Å²) in [4.78, 5) is -0.217. The minimum absolute atomic E-state index is 0.109. The molecule has 2 aromatic rings. The topological polar surface area (TPSA) is 130 Å². The monoisotopic (exact) mass is 328 g/mol. The van der Waals surface area contributed by atoms with Crippen LogP contribution >= 0.6 is 0 Å². The molecule has 2 rings (SSSR count). The average molecular weight is 328 g/mol. The van der Waals surface area contributed by atoms with Crippen molar-refractivity contribution in [1.82, 2.24) is 0 Å². The van der Waals surface area contributed by atoms with E-state index in [-0.39, 0.29) is 21.3 Å². The molecule has 0 aliphatic carbocycles. The Morgan fingerprint density at radius 2 is 1.10 bits per heavy atom. The normalized spacial score (nSPS) is 12.1. The molecule has 7 nitrogen and oxygen atoms in total. The maximum Gasteiger partial charge on any atom is 0.238 e. The zero-order chi connectivity index (χ0) is 15.7. The summed E-state index contributed by atoms with van der Waals surface area (Å²) in [5, 5.41) is 10.0. The van der Waals surface area contributed by atoms with E-state index in [4.69, 9.17) is 15.0 Å². The molecular formula is C12H12N2O5S2. The third-order valence-electron chi connectivity index (χ3n) is 2.50. The summed E-state index contributed by atoms with van der Waals surface area (Å²) in [5.74, 6) is 0.404. The second kappa shape index (κ2) is 5.45. The Bertz CT molecular complexity index is 803. The van der Waals surface area contributed by atoms with Gasteiger partial charge in [-0.2, -0.15) is 0 Å². The molecule has 9 heteroatoms. The fraction of sp³-hybridized carbons (Fsp3) is 0. The summed E-state index contributed by atoms with van der Waals surface area (Å²) < 4.78 is 50.4. The van der Waals surface area contributed by atoms with Gasteiger partial charge in [0.1, 0.15) is 11.5 Å². The molecule has 0 saturated carbocycles. The fourth-order valence-electron chi connectivity index (χ4n) is 1.57. The highest BCUT2D eigenvalue weighted by Gasteiger charge is 2.11. The molecule has 0 unspecified atom stereocenters. The number of ether oxygens (including phenoxy) is 1. The molecule has 0 heterocycles. The highest BCUT2D eigenvalue weighted by molar-refractivity contribution is 7.89. The van der Waals surface area contributed by atoms with Gasteiger partial charge in [-0.25, -0.2) is 27.1 Å². The molecule has 0 aliphatic rings. The predicted molar refractivity (Wildman–Crippen MR) is 75.7 cm³/mol. The van der Waals surface area contributed by atoms with E-state index >= 15 is 0 Å². The molecule has 21 heavy (non-hydrogen) atoms. The van der Waals surface area contributed by atoms with Crippen LogP contribution in [0.4, 0.5) is 0 Å². The molecule has 4 N–H and O–H groups in total. The first-order valence-corrected chi connectivity index (χ1v) is 8.69. The molecule has 0 aromatic heterocycles. The van der Waals surface area contributed by atoms with Gasteiger partial charge >= 0.3 is 0 Å². The van der Waals surface area contributed by atoms with Crippen molar-refractivity contribution in [2.24, 2.45) is 10.3 Å². The van der Waals surface area contributed by atoms with Gasteiger partial charge in [-0.05, 0) is 24.3 Å². The molecule has 0 radical (unpaired) electrons. The minimum atomic E-state index is -3.84. The molecule has 2 aromatic carbocycles. The van der Waals surface area contributed by atoms with Crippen LogP contribution in [-0.4, -0.2) is 16.8 Å². The predicted octanol–water partition coefficient (Wildman–Crippen LogP) is 0.774. The molecule has 0 spiro atoms. The van der Waals surface area contributed by atoms with Crippen molar-refractivity contribution in [2.75, 3.05) is 0 Å². The molecule has 0 amide bonds. The number of hydrogen-bond acceptors (Lipinski definition) is 5. The van der Waals surface area contributed by atoms with Crippen LogP contribution < -0.4 is 15.0 Å². The van der Waals surface area contributed by atoms with Crippen molar-refractivity contribution in [3.8, 4) is 11.5 Å². The van der Waals surface area contributed by atoms with E-state index in [0.29, 0.717) is 0 Å². The largest absolute Gasteiger partial charge is 0.457 e. The number of benzene rings is 2. The van der Waals surface area contributed by atoms with Crippen LogP contribution in [0.2, 0.25) is 0 Å². The van der Waals surface area contributed by atoms with Crippen LogP contribution in [0.1, 0.15) is 0 Å². The second-order valence-corrected chi connectivity index (χ2v) is 7.26. The Hall–Kier alpha value is -1.94. The molecule has 0 aliphatic heterocycles. The first-order chi connectivity index (χ1) is 9.66. The summed E-state index contributed by atoms with van der Waals surface area (Å²) in [6, 6.07) is 11.1. The van der Waals surface area contributed by atoms with Crippen molar-refractivity contribution in [3.63, 3.8) is 0 Å². The Kier molecular flexibility index (Phi) is 4.01. The van der Waals surface area contributed by atoms with Crippen LogP contribution in [0, 0.1) is 0 Å². The SMILES string of the molecule is NS(=O)(=O)c1cccc(Oc2cccc(S(N)(=O)=O)c2)c1. The van der Waals surface area contributed by atoms with Gasteiger partial charge in [0, 0.05) is 12.1 Å². The molecule has 0 fully saturated rings. The van der Waals surface area contributed by atoms with Crippen molar-refractivity contribution in [3.05, 3.63) is 48.5 Å². The zero-order valence-corrected chi connectivity index (χ0v) is 12.3. The van der Waals surface area contributed by atoms with Gasteiger partial charge in [0.05, 0.1) is 9.79 Å². The van der Waals surface area contributed by atoms with E-state index in [0.717, 1.165) is 0 Å². The molecule has 0 atom stereocenters. The summed E-state index contributed by atoms with van der Waals surface area (Å²) in [6.07, 6.45) is 0. The van der Waals surface area contributed by atoms with Crippen LogP contribution in [0.15, 0.2) is 58.3 Å². The van der Waals surface area contributed by atoms with Crippen molar-refractivity contribution < 1.29 is 21.6 Å². The Balaban J connectivity index is 2.35. The summed E-state index contributed by atoms with van der Waals surface area (Å²) in [5.41, 5.74) is 0. The quantitative estimate of drug-likeness (QED) is 0.856. The first-order valence-electron chi connectivity index (χ1n) is 5.60. The lowest BCUT2D eigenvalue weighted by Gasteiger charge is -2.08. The van der Waals surface area contributed by atoms with Crippen molar-refractivity contribution in [2.45, 2.75) is 9.79 Å². The number of rotatable bonds is 4. The maximum absolute atomic E-state index is 11.2. The van der Waals surface area contributed by atoms with Gasteiger partial charge in [0.2, 0.25) is 20.0 Å². The summed E-state index contributed by atoms with van der Waals surface area (Å²) in [7, 11) is -7.69. The van der Waals surface area contributed by atoms with E-state index in [9.17, 15) is 16.8 Å². The van der Waals surface area contributed by atoms with Gasteiger partial charge in [0.25, 0.3) is 0 Å². The zero-order valence-electron chi connectivity index (χ0n) is 10.6. The standard InChI is InChI=1S/C12H12N2O5S2/c13-20(15,16)11-5-1-3-9(7-11)19-10-4-2-6-12(8-10)21(14,17)18/h1-8H,(H2,13,15,16)(H2,14,17,18). The fourth-order valence-corrected chi connectivity index (χ4v) is 2.66. The molecule has 112 valence electrons. The lowest BCUT2D eigenvalue weighted by atomic mass is 10.3. The lowest BCUT2D eigenvalue weighted by molar-refractivity contribution is 0.479. The smallest absolute Gasteiger partial charge is 0.238 e. The third-order valence-corrected chi connectivity index (χ3v) is 4.33. The van der Waals surface area contributed by atoms with Crippen molar-refractivity contribution in [1.29, 1.82) is 0 Å².